The Morgan fingerprint density at radius 2 is 2.06 bits per heavy atom. The first-order valence-corrected chi connectivity index (χ1v) is 6.27. The van der Waals surface area contributed by atoms with Crippen molar-refractivity contribution < 1.29 is 9.90 Å². The van der Waals surface area contributed by atoms with Crippen LogP contribution in [0, 0.1) is 5.92 Å². The molecule has 0 heterocycles. The highest BCUT2D eigenvalue weighted by atomic mass is 16.3. The van der Waals surface area contributed by atoms with Gasteiger partial charge in [-0.25, -0.2) is 0 Å². The van der Waals surface area contributed by atoms with E-state index in [9.17, 15) is 4.79 Å². The van der Waals surface area contributed by atoms with Crippen LogP contribution in [0.5, 0.6) is 0 Å². The Morgan fingerprint density at radius 1 is 1.38 bits per heavy atom. The fourth-order valence-corrected chi connectivity index (χ4v) is 1.65. The third kappa shape index (κ3) is 7.65. The van der Waals surface area contributed by atoms with Crippen LogP contribution in [-0.2, 0) is 4.79 Å². The third-order valence-electron chi connectivity index (χ3n) is 2.79. The Morgan fingerprint density at radius 3 is 2.56 bits per heavy atom. The molecule has 1 amide bonds. The van der Waals surface area contributed by atoms with Crippen LogP contribution in [0.25, 0.3) is 0 Å². The average Bonchev–Trinajstić information content (AvgIpc) is 2.26. The second kappa shape index (κ2) is 9.60. The Labute approximate surface area is 98.6 Å². The molecule has 0 aliphatic carbocycles. The predicted molar refractivity (Wildman–Crippen MR) is 66.0 cm³/mol. The van der Waals surface area contributed by atoms with Crippen LogP contribution in [-0.4, -0.2) is 30.2 Å². The summed E-state index contributed by atoms with van der Waals surface area (Å²) in [6.45, 7) is 4.93. The van der Waals surface area contributed by atoms with Crippen LogP contribution in [0.15, 0.2) is 0 Å². The second-order valence-corrected chi connectivity index (χ2v) is 4.34. The van der Waals surface area contributed by atoms with E-state index in [-0.39, 0.29) is 18.6 Å². The van der Waals surface area contributed by atoms with E-state index >= 15 is 0 Å². The number of rotatable bonds is 9. The summed E-state index contributed by atoms with van der Waals surface area (Å²) >= 11 is 0. The molecule has 0 spiro atoms. The summed E-state index contributed by atoms with van der Waals surface area (Å²) in [6.07, 6.45) is 4.10. The monoisotopic (exact) mass is 230 g/mol. The summed E-state index contributed by atoms with van der Waals surface area (Å²) in [5.41, 5.74) is 5.70. The normalized spacial score (nSPS) is 14.5. The van der Waals surface area contributed by atoms with Crippen molar-refractivity contribution in [2.45, 2.75) is 52.0 Å². The molecule has 0 aromatic rings. The summed E-state index contributed by atoms with van der Waals surface area (Å²) in [6, 6.07) is -0.0394. The van der Waals surface area contributed by atoms with E-state index in [1.54, 1.807) is 0 Å². The molecule has 4 nitrogen and oxygen atoms in total. The lowest BCUT2D eigenvalue weighted by molar-refractivity contribution is -0.121. The predicted octanol–water partition coefficient (Wildman–Crippen LogP) is 1.03. The molecule has 0 radical (unpaired) electrons. The number of carbonyl (C=O) groups is 1. The molecule has 2 unspecified atom stereocenters. The van der Waals surface area contributed by atoms with Crippen molar-refractivity contribution in [1.82, 2.24) is 5.32 Å². The van der Waals surface area contributed by atoms with Gasteiger partial charge in [0.05, 0.1) is 0 Å². The van der Waals surface area contributed by atoms with Gasteiger partial charge in [0, 0.05) is 25.6 Å². The molecule has 0 aliphatic rings. The highest BCUT2D eigenvalue weighted by molar-refractivity contribution is 5.76. The van der Waals surface area contributed by atoms with Gasteiger partial charge in [-0.05, 0) is 25.2 Å². The number of aliphatic hydroxyl groups excluding tert-OH is 1. The number of carbonyl (C=O) groups excluding carboxylic acids is 1. The quantitative estimate of drug-likeness (QED) is 0.554. The molecule has 16 heavy (non-hydrogen) atoms. The van der Waals surface area contributed by atoms with E-state index in [2.05, 4.69) is 12.2 Å². The number of hydrogen-bond donors (Lipinski definition) is 3. The standard InChI is InChI=1S/C12H26N2O2/c1-3-5-10(6-7-15)9-14-12(16)8-11(13)4-2/h10-11,15H,3-9,13H2,1-2H3,(H,14,16). The van der Waals surface area contributed by atoms with Gasteiger partial charge in [0.15, 0.2) is 0 Å². The van der Waals surface area contributed by atoms with Gasteiger partial charge in [0.25, 0.3) is 0 Å². The van der Waals surface area contributed by atoms with Crippen molar-refractivity contribution in [3.8, 4) is 0 Å². The lowest BCUT2D eigenvalue weighted by atomic mass is 10.00. The number of aliphatic hydroxyl groups is 1. The Balaban J connectivity index is 3.77. The topological polar surface area (TPSA) is 75.3 Å². The van der Waals surface area contributed by atoms with Crippen molar-refractivity contribution >= 4 is 5.91 Å². The van der Waals surface area contributed by atoms with Crippen LogP contribution in [0.2, 0.25) is 0 Å². The molecular formula is C12H26N2O2. The van der Waals surface area contributed by atoms with Crippen LogP contribution in [0.3, 0.4) is 0 Å². The van der Waals surface area contributed by atoms with E-state index in [0.717, 1.165) is 25.7 Å². The van der Waals surface area contributed by atoms with Crippen molar-refractivity contribution in [1.29, 1.82) is 0 Å². The van der Waals surface area contributed by atoms with Crippen molar-refractivity contribution in [3.05, 3.63) is 0 Å². The first-order valence-electron chi connectivity index (χ1n) is 6.27. The van der Waals surface area contributed by atoms with Gasteiger partial charge in [0.2, 0.25) is 5.91 Å². The zero-order valence-corrected chi connectivity index (χ0v) is 10.5. The molecule has 0 saturated heterocycles. The fraction of sp³-hybridized carbons (Fsp3) is 0.917. The van der Waals surface area contributed by atoms with E-state index in [0.29, 0.717) is 18.9 Å². The Hall–Kier alpha value is -0.610. The molecule has 0 aliphatic heterocycles. The zero-order chi connectivity index (χ0) is 12.4. The number of nitrogens with two attached hydrogens (primary N) is 1. The largest absolute Gasteiger partial charge is 0.396 e. The fourth-order valence-electron chi connectivity index (χ4n) is 1.65. The van der Waals surface area contributed by atoms with Gasteiger partial charge < -0.3 is 16.2 Å². The van der Waals surface area contributed by atoms with Crippen LogP contribution in [0.1, 0.15) is 46.0 Å². The highest BCUT2D eigenvalue weighted by Crippen LogP contribution is 2.09. The summed E-state index contributed by atoms with van der Waals surface area (Å²) < 4.78 is 0. The van der Waals surface area contributed by atoms with Gasteiger partial charge in [0.1, 0.15) is 0 Å². The number of amides is 1. The maximum Gasteiger partial charge on any atom is 0.221 e. The summed E-state index contributed by atoms with van der Waals surface area (Å²) in [5, 5.41) is 11.8. The molecular weight excluding hydrogens is 204 g/mol. The van der Waals surface area contributed by atoms with Crippen LogP contribution in [0.4, 0.5) is 0 Å². The van der Waals surface area contributed by atoms with Crippen molar-refractivity contribution in [2.24, 2.45) is 11.7 Å². The van der Waals surface area contributed by atoms with Crippen LogP contribution < -0.4 is 11.1 Å². The molecule has 4 N–H and O–H groups in total. The SMILES string of the molecule is CCCC(CCO)CNC(=O)CC(N)CC. The number of nitrogens with one attached hydrogen (secondary N) is 1. The molecule has 0 bridgehead atoms. The zero-order valence-electron chi connectivity index (χ0n) is 10.5. The molecule has 96 valence electrons. The maximum absolute atomic E-state index is 11.5. The maximum atomic E-state index is 11.5. The average molecular weight is 230 g/mol. The molecule has 0 rings (SSSR count). The van der Waals surface area contributed by atoms with E-state index in [4.69, 9.17) is 10.8 Å². The summed E-state index contributed by atoms with van der Waals surface area (Å²) in [5.74, 6) is 0.408. The minimum atomic E-state index is -0.0394. The lowest BCUT2D eigenvalue weighted by Crippen LogP contribution is -2.34. The highest BCUT2D eigenvalue weighted by Gasteiger charge is 2.11. The van der Waals surface area contributed by atoms with Crippen molar-refractivity contribution in [2.75, 3.05) is 13.2 Å². The van der Waals surface area contributed by atoms with E-state index in [1.165, 1.54) is 0 Å². The van der Waals surface area contributed by atoms with E-state index in [1.807, 2.05) is 6.92 Å². The molecule has 2 atom stereocenters. The summed E-state index contributed by atoms with van der Waals surface area (Å²) in [7, 11) is 0. The second-order valence-electron chi connectivity index (χ2n) is 4.34. The molecule has 0 aromatic carbocycles. The minimum absolute atomic E-state index is 0.0217. The van der Waals surface area contributed by atoms with Crippen molar-refractivity contribution in [3.63, 3.8) is 0 Å². The minimum Gasteiger partial charge on any atom is -0.396 e. The van der Waals surface area contributed by atoms with Gasteiger partial charge in [-0.1, -0.05) is 20.3 Å². The first kappa shape index (κ1) is 15.4. The van der Waals surface area contributed by atoms with Crippen LogP contribution >= 0.6 is 0 Å². The Bertz CT molecular complexity index is 180. The Kier molecular flexibility index (Phi) is 9.24. The van der Waals surface area contributed by atoms with Gasteiger partial charge in [-0.3, -0.25) is 4.79 Å². The first-order chi connectivity index (χ1) is 7.63. The lowest BCUT2D eigenvalue weighted by Gasteiger charge is -2.16. The van der Waals surface area contributed by atoms with Gasteiger partial charge in [-0.15, -0.1) is 0 Å². The smallest absolute Gasteiger partial charge is 0.221 e. The molecule has 0 saturated carbocycles. The molecule has 0 aromatic heterocycles. The van der Waals surface area contributed by atoms with Gasteiger partial charge >= 0.3 is 0 Å². The number of hydrogen-bond acceptors (Lipinski definition) is 3. The van der Waals surface area contributed by atoms with Gasteiger partial charge in [-0.2, -0.15) is 0 Å². The molecule has 4 heteroatoms. The summed E-state index contributed by atoms with van der Waals surface area (Å²) in [4.78, 5) is 11.5. The van der Waals surface area contributed by atoms with E-state index < -0.39 is 0 Å². The molecule has 0 fully saturated rings. The third-order valence-corrected chi connectivity index (χ3v) is 2.79.